The third kappa shape index (κ3) is 3.69. The number of sulfonamides is 1. The van der Waals surface area contributed by atoms with Crippen LogP contribution in [0.4, 0.5) is 5.69 Å². The predicted molar refractivity (Wildman–Crippen MR) is 106 cm³/mol. The third-order valence-corrected chi connectivity index (χ3v) is 6.63. The first-order valence-electron chi connectivity index (χ1n) is 8.10. The Balaban J connectivity index is 1.96. The molecular weight excluding hydrogens is 409 g/mol. The van der Waals surface area contributed by atoms with Crippen molar-refractivity contribution in [1.29, 1.82) is 0 Å². The molecule has 0 amide bonds. The molecular formula is C17H19Cl2N5O2S. The quantitative estimate of drug-likeness (QED) is 0.672. The van der Waals surface area contributed by atoms with E-state index in [0.717, 1.165) is 5.56 Å². The smallest absolute Gasteiger partial charge is 0.265 e. The first kappa shape index (κ1) is 19.7. The van der Waals surface area contributed by atoms with E-state index in [2.05, 4.69) is 14.9 Å². The van der Waals surface area contributed by atoms with E-state index in [1.54, 1.807) is 50.7 Å². The van der Waals surface area contributed by atoms with Crippen molar-refractivity contribution in [2.45, 2.75) is 32.2 Å². The maximum Gasteiger partial charge on any atom is 0.265 e. The highest BCUT2D eigenvalue weighted by Crippen LogP contribution is 2.28. The van der Waals surface area contributed by atoms with Crippen LogP contribution in [0.2, 0.25) is 10.0 Å². The minimum Gasteiger partial charge on any atom is -0.276 e. The van der Waals surface area contributed by atoms with Gasteiger partial charge < -0.3 is 0 Å². The molecule has 0 fully saturated rings. The Kier molecular flexibility index (Phi) is 5.24. The van der Waals surface area contributed by atoms with Gasteiger partial charge in [-0.25, -0.2) is 8.42 Å². The van der Waals surface area contributed by atoms with Crippen molar-refractivity contribution >= 4 is 38.9 Å². The molecule has 0 saturated carbocycles. The Morgan fingerprint density at radius 1 is 1.11 bits per heavy atom. The summed E-state index contributed by atoms with van der Waals surface area (Å²) in [4.78, 5) is 0.130. The number of aromatic nitrogens is 4. The molecule has 7 nitrogen and oxygen atoms in total. The molecule has 3 aromatic rings. The first-order valence-corrected chi connectivity index (χ1v) is 10.3. The van der Waals surface area contributed by atoms with Gasteiger partial charge in [-0.15, -0.1) is 0 Å². The molecule has 1 aromatic carbocycles. The monoisotopic (exact) mass is 427 g/mol. The van der Waals surface area contributed by atoms with Gasteiger partial charge in [0.1, 0.15) is 4.90 Å². The van der Waals surface area contributed by atoms with E-state index >= 15 is 0 Å². The van der Waals surface area contributed by atoms with Crippen LogP contribution in [0.25, 0.3) is 0 Å². The summed E-state index contributed by atoms with van der Waals surface area (Å²) in [5, 5.41) is 9.50. The summed E-state index contributed by atoms with van der Waals surface area (Å²) in [7, 11) is -2.09. The Morgan fingerprint density at radius 3 is 2.30 bits per heavy atom. The van der Waals surface area contributed by atoms with Gasteiger partial charge in [0, 0.05) is 22.7 Å². The van der Waals surface area contributed by atoms with Gasteiger partial charge in [-0.2, -0.15) is 10.2 Å². The lowest BCUT2D eigenvalue weighted by molar-refractivity contribution is 0.600. The Bertz CT molecular complexity index is 1100. The Hall–Kier alpha value is -2.03. The summed E-state index contributed by atoms with van der Waals surface area (Å²) >= 11 is 12.5. The van der Waals surface area contributed by atoms with Crippen molar-refractivity contribution < 1.29 is 8.42 Å². The zero-order valence-corrected chi connectivity index (χ0v) is 17.6. The normalized spacial score (nSPS) is 11.8. The van der Waals surface area contributed by atoms with Gasteiger partial charge in [0.05, 0.1) is 35.5 Å². The number of anilines is 1. The maximum atomic E-state index is 12.8. The van der Waals surface area contributed by atoms with Crippen LogP contribution in [-0.2, 0) is 23.6 Å². The average molecular weight is 428 g/mol. The maximum absolute atomic E-state index is 12.8. The second kappa shape index (κ2) is 7.18. The summed E-state index contributed by atoms with van der Waals surface area (Å²) in [6.45, 7) is 5.56. The van der Waals surface area contributed by atoms with E-state index in [0.29, 0.717) is 39.4 Å². The summed E-state index contributed by atoms with van der Waals surface area (Å²) in [5.41, 5.74) is 2.92. The zero-order valence-electron chi connectivity index (χ0n) is 15.3. The molecule has 10 heteroatoms. The molecule has 2 aromatic heterocycles. The molecule has 0 unspecified atom stereocenters. The molecule has 1 N–H and O–H groups in total. The highest BCUT2D eigenvalue weighted by atomic mass is 35.5. The number of rotatable bonds is 5. The molecule has 2 heterocycles. The minimum atomic E-state index is -3.78. The highest BCUT2D eigenvalue weighted by molar-refractivity contribution is 7.92. The molecule has 0 aliphatic heterocycles. The number of nitrogens with one attached hydrogen (secondary N) is 1. The molecule has 0 spiro atoms. The van der Waals surface area contributed by atoms with Crippen molar-refractivity contribution in [2.24, 2.45) is 7.05 Å². The van der Waals surface area contributed by atoms with Gasteiger partial charge >= 0.3 is 0 Å². The second-order valence-corrected chi connectivity index (χ2v) is 8.69. The van der Waals surface area contributed by atoms with Crippen molar-refractivity contribution in [1.82, 2.24) is 19.6 Å². The Labute approximate surface area is 168 Å². The van der Waals surface area contributed by atoms with Crippen molar-refractivity contribution in [3.05, 3.63) is 57.1 Å². The van der Waals surface area contributed by atoms with E-state index in [1.165, 1.54) is 10.9 Å². The topological polar surface area (TPSA) is 81.8 Å². The fourth-order valence-corrected chi connectivity index (χ4v) is 4.66. The van der Waals surface area contributed by atoms with Crippen LogP contribution in [0, 0.1) is 20.8 Å². The van der Waals surface area contributed by atoms with E-state index in [4.69, 9.17) is 23.2 Å². The van der Waals surface area contributed by atoms with Gasteiger partial charge in [-0.3, -0.25) is 14.1 Å². The summed E-state index contributed by atoms with van der Waals surface area (Å²) in [6, 6.07) is 5.28. The Morgan fingerprint density at radius 2 is 1.74 bits per heavy atom. The number of hydrogen-bond acceptors (Lipinski definition) is 4. The van der Waals surface area contributed by atoms with Crippen LogP contribution in [0.15, 0.2) is 29.3 Å². The lowest BCUT2D eigenvalue weighted by Crippen LogP contribution is -2.15. The highest BCUT2D eigenvalue weighted by Gasteiger charge is 2.24. The van der Waals surface area contributed by atoms with Gasteiger partial charge in [0.2, 0.25) is 0 Å². The molecule has 144 valence electrons. The van der Waals surface area contributed by atoms with Crippen molar-refractivity contribution in [3.8, 4) is 0 Å². The molecule has 0 aliphatic carbocycles. The number of nitrogens with zero attached hydrogens (tertiary/aromatic N) is 4. The molecule has 0 radical (unpaired) electrons. The number of aryl methyl sites for hydroxylation is 2. The first-order chi connectivity index (χ1) is 12.6. The van der Waals surface area contributed by atoms with Crippen LogP contribution in [0.5, 0.6) is 0 Å². The van der Waals surface area contributed by atoms with Crippen LogP contribution in [-0.4, -0.2) is 28.0 Å². The lowest BCUT2D eigenvalue weighted by Gasteiger charge is -2.10. The molecule has 3 rings (SSSR count). The fraction of sp³-hybridized carbons (Fsp3) is 0.294. The van der Waals surface area contributed by atoms with Crippen LogP contribution >= 0.6 is 23.2 Å². The van der Waals surface area contributed by atoms with Gasteiger partial charge in [0.25, 0.3) is 10.0 Å². The van der Waals surface area contributed by atoms with E-state index in [1.807, 2.05) is 0 Å². The van der Waals surface area contributed by atoms with Crippen LogP contribution < -0.4 is 4.72 Å². The minimum absolute atomic E-state index is 0.130. The fourth-order valence-electron chi connectivity index (χ4n) is 2.76. The summed E-state index contributed by atoms with van der Waals surface area (Å²) < 4.78 is 31.4. The number of hydrogen-bond donors (Lipinski definition) is 1. The zero-order chi connectivity index (χ0) is 19.9. The van der Waals surface area contributed by atoms with E-state index < -0.39 is 10.0 Å². The van der Waals surface area contributed by atoms with Crippen molar-refractivity contribution in [2.75, 3.05) is 4.72 Å². The summed E-state index contributed by atoms with van der Waals surface area (Å²) in [6.07, 6.45) is 1.33. The second-order valence-electron chi connectivity index (χ2n) is 6.23. The average Bonchev–Trinajstić information content (AvgIpc) is 3.06. The van der Waals surface area contributed by atoms with Crippen LogP contribution in [0.3, 0.4) is 0 Å². The van der Waals surface area contributed by atoms with Gasteiger partial charge in [-0.1, -0.05) is 29.3 Å². The molecule has 27 heavy (non-hydrogen) atoms. The van der Waals surface area contributed by atoms with E-state index in [-0.39, 0.29) is 4.90 Å². The molecule has 0 aliphatic rings. The molecule has 0 atom stereocenters. The lowest BCUT2D eigenvalue weighted by atomic mass is 10.2. The van der Waals surface area contributed by atoms with Crippen LogP contribution in [0.1, 0.15) is 22.6 Å². The summed E-state index contributed by atoms with van der Waals surface area (Å²) in [5.74, 6) is 0. The third-order valence-electron chi connectivity index (χ3n) is 4.47. The standard InChI is InChI=1S/C17H19Cl2N5O2S/c1-10-17(22-27(25,26)16-8-20-23(4)11(16)2)12(3)24(21-10)9-13-14(18)6-5-7-15(13)19/h5-8,22H,9H2,1-4H3. The number of benzene rings is 1. The molecule has 0 bridgehead atoms. The number of halogens is 2. The van der Waals surface area contributed by atoms with Gasteiger partial charge in [0.15, 0.2) is 0 Å². The molecule has 0 saturated heterocycles. The SMILES string of the molecule is Cc1nn(Cc2c(Cl)cccc2Cl)c(C)c1NS(=O)(=O)c1cnn(C)c1C. The van der Waals surface area contributed by atoms with Gasteiger partial charge in [-0.05, 0) is 32.9 Å². The van der Waals surface area contributed by atoms with E-state index in [9.17, 15) is 8.42 Å². The largest absolute Gasteiger partial charge is 0.276 e. The van der Waals surface area contributed by atoms with Crippen molar-refractivity contribution in [3.63, 3.8) is 0 Å². The predicted octanol–water partition coefficient (Wildman–Crippen LogP) is 3.70.